The molecular weight excluding hydrogens is 618 g/mol. The Morgan fingerprint density at radius 1 is 0.894 bits per heavy atom. The number of alkyl halides is 3. The largest absolute Gasteiger partial charge is 0.460 e. The number of hydrogen-bond acceptors (Lipinski definition) is 6. The number of carbonyl (C=O) groups excluding carboxylic acids is 3. The summed E-state index contributed by atoms with van der Waals surface area (Å²) in [4.78, 5) is 41.9. The Bertz CT molecular complexity index is 1810. The molecule has 13 heteroatoms. The third-order valence-corrected chi connectivity index (χ3v) is 7.49. The van der Waals surface area contributed by atoms with Gasteiger partial charge < -0.3 is 20.3 Å². The first-order valence-electron chi connectivity index (χ1n) is 15.2. The molecule has 1 aliphatic heterocycles. The number of esters is 1. The number of para-hydroxylation sites is 1. The summed E-state index contributed by atoms with van der Waals surface area (Å²) in [5.41, 5.74) is 0.616. The van der Waals surface area contributed by atoms with E-state index >= 15 is 0 Å². The molecule has 0 unspecified atom stereocenters. The number of fused-ring (bicyclic) bond motifs is 1. The number of nitrogens with zero attached hydrogens (tertiary/aromatic N) is 3. The van der Waals surface area contributed by atoms with Gasteiger partial charge in [-0.25, -0.2) is 4.39 Å². The normalized spacial score (nSPS) is 13.8. The first-order chi connectivity index (χ1) is 22.2. The molecule has 0 bridgehead atoms. The van der Waals surface area contributed by atoms with Crippen molar-refractivity contribution in [3.8, 4) is 0 Å². The van der Waals surface area contributed by atoms with Gasteiger partial charge in [0.1, 0.15) is 18.0 Å². The highest BCUT2D eigenvalue weighted by atomic mass is 19.4. The standard InChI is InChI=1S/C34H35F4N5O4/c1-33(2,3)47-29(44)19-22-17-23(35)12-13-26(22)39-31(45)21-11-14-27(42-15-7-4-8-16-42)25(18-21)32(46)40-30-24-9-5-6-10-28(24)43(41-30)20-34(36,37)38/h5-6,9-14,17-18H,4,7-8,15-16,19-20H2,1-3H3,(H,39,45)(H,40,41,46). The minimum atomic E-state index is -4.53. The zero-order valence-electron chi connectivity index (χ0n) is 26.2. The fourth-order valence-corrected chi connectivity index (χ4v) is 5.51. The van der Waals surface area contributed by atoms with Crippen LogP contribution < -0.4 is 15.5 Å². The Kier molecular flexibility index (Phi) is 9.55. The first-order valence-corrected chi connectivity index (χ1v) is 15.2. The van der Waals surface area contributed by atoms with Crippen LogP contribution in [0.2, 0.25) is 0 Å². The van der Waals surface area contributed by atoms with Crippen molar-refractivity contribution in [1.29, 1.82) is 0 Å². The van der Waals surface area contributed by atoms with Gasteiger partial charge in [-0.1, -0.05) is 12.1 Å². The molecule has 0 aliphatic carbocycles. The van der Waals surface area contributed by atoms with E-state index in [0.29, 0.717) is 24.2 Å². The van der Waals surface area contributed by atoms with Crippen LogP contribution in [0.3, 0.4) is 0 Å². The predicted octanol–water partition coefficient (Wildman–Crippen LogP) is 7.12. The van der Waals surface area contributed by atoms with Crippen molar-refractivity contribution >= 4 is 45.9 Å². The van der Waals surface area contributed by atoms with Gasteiger partial charge in [0, 0.05) is 35.4 Å². The van der Waals surface area contributed by atoms with Crippen molar-refractivity contribution in [3.63, 3.8) is 0 Å². The number of anilines is 3. The van der Waals surface area contributed by atoms with E-state index in [0.717, 1.165) is 36.1 Å². The summed E-state index contributed by atoms with van der Waals surface area (Å²) in [5.74, 6) is -2.53. The summed E-state index contributed by atoms with van der Waals surface area (Å²) >= 11 is 0. The number of piperidine rings is 1. The Balaban J connectivity index is 1.46. The van der Waals surface area contributed by atoms with Gasteiger partial charge in [-0.15, -0.1) is 0 Å². The average Bonchev–Trinajstić information content (AvgIpc) is 3.32. The molecule has 1 aromatic heterocycles. The molecule has 9 nitrogen and oxygen atoms in total. The van der Waals surface area contributed by atoms with Crippen molar-refractivity contribution < 1.29 is 36.7 Å². The number of ether oxygens (including phenoxy) is 1. The van der Waals surface area contributed by atoms with E-state index in [1.165, 1.54) is 18.2 Å². The highest BCUT2D eigenvalue weighted by Crippen LogP contribution is 2.30. The number of carbonyl (C=O) groups is 3. The molecule has 0 saturated carbocycles. The summed E-state index contributed by atoms with van der Waals surface area (Å²) < 4.78 is 60.1. The SMILES string of the molecule is CC(C)(C)OC(=O)Cc1cc(F)ccc1NC(=O)c1ccc(N2CCCCC2)c(C(=O)Nc2nn(CC(F)(F)F)c3ccccc23)c1. The van der Waals surface area contributed by atoms with Crippen molar-refractivity contribution in [2.75, 3.05) is 28.6 Å². The second-order valence-electron chi connectivity index (χ2n) is 12.4. The van der Waals surface area contributed by atoms with Gasteiger partial charge in [-0.3, -0.25) is 19.1 Å². The second-order valence-corrected chi connectivity index (χ2v) is 12.4. The maximum absolute atomic E-state index is 14.1. The van der Waals surface area contributed by atoms with E-state index in [4.69, 9.17) is 4.74 Å². The maximum Gasteiger partial charge on any atom is 0.408 e. The van der Waals surface area contributed by atoms with Gasteiger partial charge >= 0.3 is 12.1 Å². The topological polar surface area (TPSA) is 106 Å². The van der Waals surface area contributed by atoms with Crippen LogP contribution in [0.25, 0.3) is 10.9 Å². The zero-order chi connectivity index (χ0) is 33.9. The van der Waals surface area contributed by atoms with Crippen molar-refractivity contribution in [1.82, 2.24) is 9.78 Å². The molecule has 248 valence electrons. The van der Waals surface area contributed by atoms with E-state index in [-0.39, 0.29) is 40.1 Å². The van der Waals surface area contributed by atoms with Gasteiger partial charge in [0.05, 0.1) is 17.5 Å². The summed E-state index contributed by atoms with van der Waals surface area (Å²) in [6.45, 7) is 5.14. The van der Waals surface area contributed by atoms with E-state index in [1.54, 1.807) is 51.1 Å². The summed E-state index contributed by atoms with van der Waals surface area (Å²) in [7, 11) is 0. The molecular formula is C34H35F4N5O4. The molecule has 2 amide bonds. The minimum Gasteiger partial charge on any atom is -0.460 e. The second kappa shape index (κ2) is 13.4. The van der Waals surface area contributed by atoms with Crippen LogP contribution in [0.4, 0.5) is 34.8 Å². The van der Waals surface area contributed by atoms with Crippen molar-refractivity contribution in [3.05, 3.63) is 83.2 Å². The number of rotatable bonds is 8. The van der Waals surface area contributed by atoms with Gasteiger partial charge in [0.2, 0.25) is 0 Å². The van der Waals surface area contributed by atoms with Crippen LogP contribution in [0, 0.1) is 5.82 Å². The third kappa shape index (κ3) is 8.46. The fourth-order valence-electron chi connectivity index (χ4n) is 5.51. The average molecular weight is 654 g/mol. The number of halogens is 4. The van der Waals surface area contributed by atoms with E-state index in [2.05, 4.69) is 15.7 Å². The van der Waals surface area contributed by atoms with Gasteiger partial charge in [0.15, 0.2) is 5.82 Å². The summed E-state index contributed by atoms with van der Waals surface area (Å²) in [6.07, 6.45) is -1.98. The molecule has 2 N–H and O–H groups in total. The lowest BCUT2D eigenvalue weighted by Gasteiger charge is -2.30. The van der Waals surface area contributed by atoms with Crippen LogP contribution in [-0.4, -0.2) is 52.4 Å². The van der Waals surface area contributed by atoms with E-state index in [1.807, 2.05) is 4.90 Å². The Labute approximate surface area is 268 Å². The van der Waals surface area contributed by atoms with Crippen molar-refractivity contribution in [2.24, 2.45) is 0 Å². The lowest BCUT2D eigenvalue weighted by atomic mass is 10.0. The Morgan fingerprint density at radius 2 is 1.62 bits per heavy atom. The zero-order valence-corrected chi connectivity index (χ0v) is 26.2. The highest BCUT2D eigenvalue weighted by molar-refractivity contribution is 6.13. The lowest BCUT2D eigenvalue weighted by molar-refractivity contribution is -0.154. The number of hydrogen-bond donors (Lipinski definition) is 2. The number of nitrogens with one attached hydrogen (secondary N) is 2. The van der Waals surface area contributed by atoms with Crippen LogP contribution in [-0.2, 0) is 22.5 Å². The maximum atomic E-state index is 14.1. The molecule has 1 fully saturated rings. The lowest BCUT2D eigenvalue weighted by Crippen LogP contribution is -2.31. The fraction of sp³-hybridized carbons (Fsp3) is 0.353. The molecule has 4 aromatic rings. The van der Waals surface area contributed by atoms with Crippen LogP contribution in [0.15, 0.2) is 60.7 Å². The summed E-state index contributed by atoms with van der Waals surface area (Å²) in [6, 6.07) is 14.5. The molecule has 1 aliphatic rings. The monoisotopic (exact) mass is 653 g/mol. The molecule has 0 atom stereocenters. The molecule has 1 saturated heterocycles. The molecule has 2 heterocycles. The van der Waals surface area contributed by atoms with Crippen LogP contribution >= 0.6 is 0 Å². The van der Waals surface area contributed by atoms with Gasteiger partial charge in [0.25, 0.3) is 11.8 Å². The van der Waals surface area contributed by atoms with Gasteiger partial charge in [-0.2, -0.15) is 18.3 Å². The molecule has 3 aromatic carbocycles. The summed E-state index contributed by atoms with van der Waals surface area (Å²) in [5, 5.41) is 9.76. The Hall–Kier alpha value is -4.94. The Morgan fingerprint density at radius 3 is 2.32 bits per heavy atom. The number of benzene rings is 3. The molecule has 47 heavy (non-hydrogen) atoms. The smallest absolute Gasteiger partial charge is 0.408 e. The van der Waals surface area contributed by atoms with E-state index < -0.39 is 41.9 Å². The minimum absolute atomic E-state index is 0.0487. The quantitative estimate of drug-likeness (QED) is 0.155. The van der Waals surface area contributed by atoms with Crippen LogP contribution in [0.5, 0.6) is 0 Å². The number of amides is 2. The number of aromatic nitrogens is 2. The predicted molar refractivity (Wildman–Crippen MR) is 170 cm³/mol. The van der Waals surface area contributed by atoms with Crippen LogP contribution in [0.1, 0.15) is 66.3 Å². The van der Waals surface area contributed by atoms with Gasteiger partial charge in [-0.05, 0) is 94.1 Å². The van der Waals surface area contributed by atoms with E-state index in [9.17, 15) is 31.9 Å². The molecule has 0 radical (unpaired) electrons. The molecule has 5 rings (SSSR count). The third-order valence-electron chi connectivity index (χ3n) is 7.49. The highest BCUT2D eigenvalue weighted by Gasteiger charge is 2.30. The molecule has 0 spiro atoms. The first kappa shape index (κ1) is 33.4. The van der Waals surface area contributed by atoms with Crippen molar-refractivity contribution in [2.45, 2.75) is 64.8 Å².